The highest BCUT2D eigenvalue weighted by Gasteiger charge is 2.22. The molecule has 0 unspecified atom stereocenters. The number of hydrogen-bond acceptors (Lipinski definition) is 5. The number of hydrogen-bond donors (Lipinski definition) is 1. The van der Waals surface area contributed by atoms with E-state index in [1.54, 1.807) is 42.5 Å². The number of oxazole rings is 1. The van der Waals surface area contributed by atoms with Gasteiger partial charge in [-0.1, -0.05) is 66.2 Å². The molecule has 152 valence electrons. The van der Waals surface area contributed by atoms with E-state index in [-0.39, 0.29) is 23.3 Å². The van der Waals surface area contributed by atoms with Crippen LogP contribution in [0.4, 0.5) is 5.88 Å². The zero-order valence-corrected chi connectivity index (χ0v) is 17.2. The lowest BCUT2D eigenvalue weighted by Crippen LogP contribution is -2.12. The van der Waals surface area contributed by atoms with E-state index in [4.69, 9.17) is 20.8 Å². The first-order chi connectivity index (χ1) is 14.5. The van der Waals surface area contributed by atoms with E-state index >= 15 is 0 Å². The maximum Gasteiger partial charge on any atom is 0.264 e. The van der Waals surface area contributed by atoms with Crippen molar-refractivity contribution in [1.82, 2.24) is 4.98 Å². The molecule has 8 heteroatoms. The number of benzene rings is 3. The molecule has 0 saturated heterocycles. The molecular weight excluding hydrogens is 424 g/mol. The van der Waals surface area contributed by atoms with Crippen molar-refractivity contribution in [2.24, 2.45) is 0 Å². The number of ether oxygens (including phenoxy) is 1. The van der Waals surface area contributed by atoms with Gasteiger partial charge in [0.1, 0.15) is 11.4 Å². The normalized spacial score (nSPS) is 11.2. The number of rotatable bonds is 7. The van der Waals surface area contributed by atoms with E-state index < -0.39 is 10.0 Å². The fourth-order valence-corrected chi connectivity index (χ4v) is 3.97. The lowest BCUT2D eigenvalue weighted by molar-refractivity contribution is 0.265. The third kappa shape index (κ3) is 4.64. The van der Waals surface area contributed by atoms with E-state index in [1.165, 1.54) is 12.1 Å². The van der Waals surface area contributed by atoms with Crippen molar-refractivity contribution < 1.29 is 17.6 Å². The number of nitrogens with one attached hydrogen (secondary N) is 1. The van der Waals surface area contributed by atoms with Gasteiger partial charge in [-0.25, -0.2) is 18.1 Å². The van der Waals surface area contributed by atoms with Gasteiger partial charge >= 0.3 is 0 Å². The Balaban J connectivity index is 1.64. The Morgan fingerprint density at radius 1 is 0.933 bits per heavy atom. The first-order valence-corrected chi connectivity index (χ1v) is 10.9. The van der Waals surface area contributed by atoms with Crippen LogP contribution in [0.25, 0.3) is 11.3 Å². The minimum atomic E-state index is -3.85. The molecule has 1 heterocycles. The summed E-state index contributed by atoms with van der Waals surface area (Å²) in [5, 5.41) is 0.543. The molecule has 1 aromatic heterocycles. The molecule has 4 rings (SSSR count). The third-order valence-corrected chi connectivity index (χ3v) is 5.74. The number of aromatic nitrogens is 1. The smallest absolute Gasteiger partial charge is 0.264 e. The van der Waals surface area contributed by atoms with Crippen molar-refractivity contribution in [3.05, 3.63) is 95.8 Å². The van der Waals surface area contributed by atoms with Crippen LogP contribution in [-0.2, 0) is 16.6 Å². The highest BCUT2D eigenvalue weighted by molar-refractivity contribution is 7.92. The van der Waals surface area contributed by atoms with Gasteiger partial charge in [-0.15, -0.1) is 0 Å². The predicted molar refractivity (Wildman–Crippen MR) is 115 cm³/mol. The van der Waals surface area contributed by atoms with Gasteiger partial charge in [-0.2, -0.15) is 0 Å². The third-order valence-electron chi connectivity index (χ3n) is 4.16. The van der Waals surface area contributed by atoms with Crippen LogP contribution in [0.15, 0.2) is 94.2 Å². The molecule has 0 aliphatic heterocycles. The van der Waals surface area contributed by atoms with E-state index in [2.05, 4.69) is 9.71 Å². The minimum absolute atomic E-state index is 0.00718. The summed E-state index contributed by atoms with van der Waals surface area (Å²) in [5.74, 6) is 0.794. The maximum atomic E-state index is 12.8. The Bertz CT molecular complexity index is 1240. The molecule has 0 bridgehead atoms. The molecule has 3 aromatic carbocycles. The first-order valence-electron chi connectivity index (χ1n) is 9.03. The van der Waals surface area contributed by atoms with Crippen molar-refractivity contribution >= 4 is 27.5 Å². The average Bonchev–Trinajstić information content (AvgIpc) is 3.15. The first kappa shape index (κ1) is 20.0. The van der Waals surface area contributed by atoms with Crippen molar-refractivity contribution in [3.8, 4) is 17.0 Å². The molecule has 4 aromatic rings. The Morgan fingerprint density at radius 2 is 1.63 bits per heavy atom. The number of nitrogens with zero attached hydrogens (tertiary/aromatic N) is 1. The summed E-state index contributed by atoms with van der Waals surface area (Å²) in [5.41, 5.74) is 1.08. The second-order valence-electron chi connectivity index (χ2n) is 6.32. The molecule has 0 fully saturated rings. The summed E-state index contributed by atoms with van der Waals surface area (Å²) >= 11 is 5.97. The summed E-state index contributed by atoms with van der Waals surface area (Å²) in [4.78, 5) is 4.57. The molecule has 0 saturated carbocycles. The van der Waals surface area contributed by atoms with Crippen molar-refractivity contribution in [1.29, 1.82) is 0 Å². The molecule has 6 nitrogen and oxygen atoms in total. The van der Waals surface area contributed by atoms with Crippen LogP contribution >= 0.6 is 11.6 Å². The number of halogens is 1. The summed E-state index contributed by atoms with van der Waals surface area (Å²) in [6.07, 6.45) is 0. The monoisotopic (exact) mass is 440 g/mol. The lowest BCUT2D eigenvalue weighted by atomic mass is 10.2. The van der Waals surface area contributed by atoms with Gasteiger partial charge in [0.2, 0.25) is 11.8 Å². The standard InChI is InChI=1S/C22H17ClN2O4S/c23-17-10-7-11-18(14-17)28-15-20-24-21(16-8-3-1-4-9-16)22(29-20)25-30(26,27)19-12-5-2-6-13-19/h1-14,25H,15H2. The number of sulfonamides is 1. The second kappa shape index (κ2) is 8.61. The Hall–Kier alpha value is -3.29. The lowest BCUT2D eigenvalue weighted by Gasteiger charge is -2.07. The van der Waals surface area contributed by atoms with Crippen LogP contribution < -0.4 is 9.46 Å². The second-order valence-corrected chi connectivity index (χ2v) is 8.43. The fraction of sp³-hybridized carbons (Fsp3) is 0.0455. The summed E-state index contributed by atoms with van der Waals surface area (Å²) in [6, 6.07) is 24.2. The van der Waals surface area contributed by atoms with E-state index in [1.807, 2.05) is 30.3 Å². The Labute approximate surface area is 179 Å². The molecule has 30 heavy (non-hydrogen) atoms. The van der Waals surface area contributed by atoms with Crippen molar-refractivity contribution in [2.45, 2.75) is 11.5 Å². The summed E-state index contributed by atoms with van der Waals surface area (Å²) in [6.45, 7) is 0.00718. The van der Waals surface area contributed by atoms with Crippen LogP contribution in [0.1, 0.15) is 5.89 Å². The molecule has 0 aliphatic carbocycles. The van der Waals surface area contributed by atoms with Crippen LogP contribution in [0.5, 0.6) is 5.75 Å². The van der Waals surface area contributed by atoms with Crippen LogP contribution in [0.2, 0.25) is 5.02 Å². The quantitative estimate of drug-likeness (QED) is 0.417. The van der Waals surface area contributed by atoms with Gasteiger partial charge < -0.3 is 9.15 Å². The molecule has 0 spiro atoms. The van der Waals surface area contributed by atoms with Gasteiger partial charge in [-0.3, -0.25) is 0 Å². The topological polar surface area (TPSA) is 81.4 Å². The molecule has 0 atom stereocenters. The molecule has 1 N–H and O–H groups in total. The van der Waals surface area contributed by atoms with Gasteiger partial charge in [0.15, 0.2) is 6.61 Å². The average molecular weight is 441 g/mol. The molecule has 0 aliphatic rings. The highest BCUT2D eigenvalue weighted by atomic mass is 35.5. The van der Waals surface area contributed by atoms with Gasteiger partial charge in [-0.05, 0) is 30.3 Å². The highest BCUT2D eigenvalue weighted by Crippen LogP contribution is 2.31. The Kier molecular flexibility index (Phi) is 5.74. The van der Waals surface area contributed by atoms with Crippen LogP contribution in [0.3, 0.4) is 0 Å². The van der Waals surface area contributed by atoms with Gasteiger partial charge in [0, 0.05) is 10.6 Å². The molecular formula is C22H17ClN2O4S. The van der Waals surface area contributed by atoms with Crippen molar-refractivity contribution in [2.75, 3.05) is 4.72 Å². The van der Waals surface area contributed by atoms with E-state index in [0.717, 1.165) is 0 Å². The molecule has 0 amide bonds. The summed E-state index contributed by atoms with van der Waals surface area (Å²) < 4.78 is 39.4. The van der Waals surface area contributed by atoms with Crippen LogP contribution in [0, 0.1) is 0 Å². The van der Waals surface area contributed by atoms with Gasteiger partial charge in [0.05, 0.1) is 4.90 Å². The largest absolute Gasteiger partial charge is 0.484 e. The predicted octanol–water partition coefficient (Wildman–Crippen LogP) is 5.37. The summed E-state index contributed by atoms with van der Waals surface area (Å²) in [7, 11) is -3.85. The van der Waals surface area contributed by atoms with E-state index in [9.17, 15) is 8.42 Å². The molecule has 0 radical (unpaired) electrons. The Morgan fingerprint density at radius 3 is 2.33 bits per heavy atom. The minimum Gasteiger partial charge on any atom is -0.484 e. The fourth-order valence-electron chi connectivity index (χ4n) is 2.77. The zero-order valence-electron chi connectivity index (χ0n) is 15.7. The SMILES string of the molecule is O=S(=O)(Nc1oc(COc2cccc(Cl)c2)nc1-c1ccccc1)c1ccccc1. The van der Waals surface area contributed by atoms with Crippen LogP contribution in [-0.4, -0.2) is 13.4 Å². The maximum absolute atomic E-state index is 12.8. The van der Waals surface area contributed by atoms with E-state index in [0.29, 0.717) is 22.0 Å². The van der Waals surface area contributed by atoms with Gasteiger partial charge in [0.25, 0.3) is 10.0 Å². The number of anilines is 1. The van der Waals surface area contributed by atoms with Crippen molar-refractivity contribution in [3.63, 3.8) is 0 Å². The zero-order chi connectivity index (χ0) is 21.0.